The molecule has 0 saturated carbocycles. The smallest absolute Gasteiger partial charge is 0.320 e. The molecule has 0 aliphatic rings. The third-order valence-corrected chi connectivity index (χ3v) is 2.93. The molecule has 0 bridgehead atoms. The van der Waals surface area contributed by atoms with E-state index in [2.05, 4.69) is 15.9 Å². The number of ketones is 1. The number of hydrogen-bond donors (Lipinski definition) is 2. The first-order valence-electron chi connectivity index (χ1n) is 5.28. The van der Waals surface area contributed by atoms with Crippen molar-refractivity contribution in [1.29, 1.82) is 0 Å². The number of Topliss-reactive ketones (excluding diaryl/α,β-unsaturated/α-hetero) is 1. The lowest BCUT2D eigenvalue weighted by molar-refractivity contribution is -0.138. The Morgan fingerprint density at radius 1 is 1.29 bits per heavy atom. The first kappa shape index (κ1) is 13.9. The molecule has 0 radical (unpaired) electrons. The molecule has 4 nitrogen and oxygen atoms in total. The zero-order chi connectivity index (χ0) is 12.8. The van der Waals surface area contributed by atoms with Crippen molar-refractivity contribution in [3.8, 4) is 0 Å². The standard InChI is InChI=1S/C12H14BrNO3/c13-9-6-4-8(5-7-9)11(15)3-1-2-10(14)12(16)17/h4-7,10H,1-3,14H2,(H,16,17). The first-order chi connectivity index (χ1) is 8.00. The van der Waals surface area contributed by atoms with Gasteiger partial charge in [-0.25, -0.2) is 0 Å². The van der Waals surface area contributed by atoms with Crippen LogP contribution in [-0.2, 0) is 4.79 Å². The molecule has 1 aromatic carbocycles. The van der Waals surface area contributed by atoms with Gasteiger partial charge in [0.2, 0.25) is 0 Å². The van der Waals surface area contributed by atoms with E-state index in [0.717, 1.165) is 4.47 Å². The van der Waals surface area contributed by atoms with E-state index < -0.39 is 12.0 Å². The van der Waals surface area contributed by atoms with Crippen LogP contribution in [-0.4, -0.2) is 22.9 Å². The second-order valence-electron chi connectivity index (χ2n) is 3.77. The highest BCUT2D eigenvalue weighted by Gasteiger charge is 2.12. The molecule has 0 heterocycles. The maximum Gasteiger partial charge on any atom is 0.320 e. The quantitative estimate of drug-likeness (QED) is 0.789. The molecule has 3 N–H and O–H groups in total. The van der Waals surface area contributed by atoms with E-state index in [1.807, 2.05) is 0 Å². The zero-order valence-corrected chi connectivity index (χ0v) is 10.8. The van der Waals surface area contributed by atoms with Crippen LogP contribution in [0.1, 0.15) is 29.6 Å². The fourth-order valence-electron chi connectivity index (χ4n) is 1.39. The van der Waals surface area contributed by atoms with Gasteiger partial charge in [0.25, 0.3) is 0 Å². The van der Waals surface area contributed by atoms with Gasteiger partial charge in [-0.15, -0.1) is 0 Å². The van der Waals surface area contributed by atoms with Gasteiger partial charge in [-0.2, -0.15) is 0 Å². The highest BCUT2D eigenvalue weighted by atomic mass is 79.9. The number of aliphatic carboxylic acids is 1. The van der Waals surface area contributed by atoms with Gasteiger partial charge in [0.05, 0.1) is 0 Å². The normalized spacial score (nSPS) is 12.1. The number of carboxylic acids is 1. The Kier molecular flexibility index (Phi) is 5.31. The van der Waals surface area contributed by atoms with E-state index in [-0.39, 0.29) is 5.78 Å². The lowest BCUT2D eigenvalue weighted by Crippen LogP contribution is -2.29. The van der Waals surface area contributed by atoms with E-state index in [1.165, 1.54) is 0 Å². The summed E-state index contributed by atoms with van der Waals surface area (Å²) in [7, 11) is 0. The van der Waals surface area contributed by atoms with Crippen LogP contribution in [0.15, 0.2) is 28.7 Å². The molecular weight excluding hydrogens is 286 g/mol. The SMILES string of the molecule is NC(CCCC(=O)c1ccc(Br)cc1)C(=O)O. The lowest BCUT2D eigenvalue weighted by atomic mass is 10.0. The van der Waals surface area contributed by atoms with Crippen LogP contribution >= 0.6 is 15.9 Å². The second-order valence-corrected chi connectivity index (χ2v) is 4.68. The molecule has 92 valence electrons. The average molecular weight is 300 g/mol. The Labute approximate surface area is 108 Å². The molecule has 1 atom stereocenters. The molecule has 0 amide bonds. The lowest BCUT2D eigenvalue weighted by Gasteiger charge is -2.05. The van der Waals surface area contributed by atoms with Gasteiger partial charge in [0.1, 0.15) is 6.04 Å². The Hall–Kier alpha value is -1.20. The Bertz CT molecular complexity index is 403. The number of nitrogens with two attached hydrogens (primary N) is 1. The predicted octanol–water partition coefficient (Wildman–Crippen LogP) is 2.21. The minimum absolute atomic E-state index is 0.00934. The van der Waals surface area contributed by atoms with E-state index in [1.54, 1.807) is 24.3 Å². The van der Waals surface area contributed by atoms with E-state index in [9.17, 15) is 9.59 Å². The molecule has 0 aliphatic heterocycles. The number of rotatable bonds is 6. The van der Waals surface area contributed by atoms with Crippen LogP contribution in [0.2, 0.25) is 0 Å². The molecule has 0 saturated heterocycles. The number of halogens is 1. The van der Waals surface area contributed by atoms with Gasteiger partial charge in [-0.1, -0.05) is 28.1 Å². The minimum atomic E-state index is -1.03. The predicted molar refractivity (Wildman–Crippen MR) is 67.9 cm³/mol. The topological polar surface area (TPSA) is 80.4 Å². The van der Waals surface area contributed by atoms with Crippen LogP contribution in [0.4, 0.5) is 0 Å². The monoisotopic (exact) mass is 299 g/mol. The summed E-state index contributed by atoms with van der Waals surface area (Å²) in [6.45, 7) is 0. The summed E-state index contributed by atoms with van der Waals surface area (Å²) in [6, 6.07) is 6.20. The molecule has 17 heavy (non-hydrogen) atoms. The molecule has 1 unspecified atom stereocenters. The summed E-state index contributed by atoms with van der Waals surface area (Å²) in [6.07, 6.45) is 1.13. The number of hydrogen-bond acceptors (Lipinski definition) is 3. The van der Waals surface area contributed by atoms with Gasteiger partial charge in [-0.3, -0.25) is 9.59 Å². The van der Waals surface area contributed by atoms with Crippen molar-refractivity contribution in [2.24, 2.45) is 5.73 Å². The number of carboxylic acid groups (broad SMARTS) is 1. The van der Waals surface area contributed by atoms with Crippen LogP contribution in [0.25, 0.3) is 0 Å². The Balaban J connectivity index is 2.40. The highest BCUT2D eigenvalue weighted by molar-refractivity contribution is 9.10. The Morgan fingerprint density at radius 3 is 2.41 bits per heavy atom. The van der Waals surface area contributed by atoms with Gasteiger partial charge >= 0.3 is 5.97 Å². The fourth-order valence-corrected chi connectivity index (χ4v) is 1.65. The van der Waals surface area contributed by atoms with Crippen molar-refractivity contribution in [3.63, 3.8) is 0 Å². The minimum Gasteiger partial charge on any atom is -0.480 e. The van der Waals surface area contributed by atoms with E-state index >= 15 is 0 Å². The molecule has 0 aromatic heterocycles. The fraction of sp³-hybridized carbons (Fsp3) is 0.333. The summed E-state index contributed by atoms with van der Waals surface area (Å²) < 4.78 is 0.918. The maximum absolute atomic E-state index is 11.7. The summed E-state index contributed by atoms with van der Waals surface area (Å²) >= 11 is 3.29. The first-order valence-corrected chi connectivity index (χ1v) is 6.07. The molecular formula is C12H14BrNO3. The van der Waals surface area contributed by atoms with Crippen molar-refractivity contribution in [2.75, 3.05) is 0 Å². The molecule has 1 aromatic rings. The van der Waals surface area contributed by atoms with Crippen molar-refractivity contribution in [1.82, 2.24) is 0 Å². The van der Waals surface area contributed by atoms with Gasteiger partial charge in [0, 0.05) is 16.5 Å². The number of carbonyl (C=O) groups is 2. The summed E-state index contributed by atoms with van der Waals surface area (Å²) in [5.74, 6) is -1.02. The zero-order valence-electron chi connectivity index (χ0n) is 9.23. The summed E-state index contributed by atoms with van der Waals surface area (Å²) in [4.78, 5) is 22.2. The summed E-state index contributed by atoms with van der Waals surface area (Å²) in [5, 5.41) is 8.58. The largest absolute Gasteiger partial charge is 0.480 e. The number of benzene rings is 1. The molecule has 0 spiro atoms. The van der Waals surface area contributed by atoms with Crippen molar-refractivity contribution in [2.45, 2.75) is 25.3 Å². The highest BCUT2D eigenvalue weighted by Crippen LogP contribution is 2.13. The molecule has 0 aliphatic carbocycles. The van der Waals surface area contributed by atoms with E-state index in [0.29, 0.717) is 24.8 Å². The van der Waals surface area contributed by atoms with E-state index in [4.69, 9.17) is 10.8 Å². The van der Waals surface area contributed by atoms with Crippen molar-refractivity contribution in [3.05, 3.63) is 34.3 Å². The molecule has 1 rings (SSSR count). The van der Waals surface area contributed by atoms with Gasteiger partial charge in [0.15, 0.2) is 5.78 Å². The number of carbonyl (C=O) groups excluding carboxylic acids is 1. The van der Waals surface area contributed by atoms with Crippen molar-refractivity contribution >= 4 is 27.7 Å². The van der Waals surface area contributed by atoms with Crippen molar-refractivity contribution < 1.29 is 14.7 Å². The van der Waals surface area contributed by atoms with Crippen LogP contribution in [0.3, 0.4) is 0 Å². The Morgan fingerprint density at radius 2 is 1.88 bits per heavy atom. The third kappa shape index (κ3) is 4.66. The van der Waals surface area contributed by atoms with Crippen LogP contribution < -0.4 is 5.73 Å². The summed E-state index contributed by atoms with van der Waals surface area (Å²) in [5.41, 5.74) is 5.98. The van der Waals surface area contributed by atoms with Crippen LogP contribution in [0.5, 0.6) is 0 Å². The maximum atomic E-state index is 11.7. The van der Waals surface area contributed by atoms with Gasteiger partial charge in [-0.05, 0) is 25.0 Å². The molecule has 0 fully saturated rings. The van der Waals surface area contributed by atoms with Gasteiger partial charge < -0.3 is 10.8 Å². The van der Waals surface area contributed by atoms with Crippen LogP contribution in [0, 0.1) is 0 Å². The molecule has 5 heteroatoms. The third-order valence-electron chi connectivity index (χ3n) is 2.40. The average Bonchev–Trinajstić information content (AvgIpc) is 2.29. The second kappa shape index (κ2) is 6.51.